The van der Waals surface area contributed by atoms with Crippen molar-refractivity contribution in [1.82, 2.24) is 24.6 Å². The van der Waals surface area contributed by atoms with E-state index < -0.39 is 0 Å². The third-order valence-corrected chi connectivity index (χ3v) is 7.37. The summed E-state index contributed by atoms with van der Waals surface area (Å²) in [6.45, 7) is 3.45. The third-order valence-electron chi connectivity index (χ3n) is 6.73. The number of hydrogen-bond donors (Lipinski definition) is 0. The molecule has 3 aromatic rings. The van der Waals surface area contributed by atoms with Gasteiger partial charge in [0.25, 0.3) is 0 Å². The zero-order valence-electron chi connectivity index (χ0n) is 17.6. The van der Waals surface area contributed by atoms with E-state index in [2.05, 4.69) is 15.0 Å². The summed E-state index contributed by atoms with van der Waals surface area (Å²) in [4.78, 5) is 21.5. The minimum Gasteiger partial charge on any atom is -0.340 e. The van der Waals surface area contributed by atoms with Gasteiger partial charge in [-0.15, -0.1) is 11.3 Å². The molecule has 1 aromatic carbocycles. The lowest BCUT2D eigenvalue weighted by Crippen LogP contribution is -2.37. The van der Waals surface area contributed by atoms with Crippen LogP contribution < -0.4 is 0 Å². The Labute approximate surface area is 185 Å². The van der Waals surface area contributed by atoms with Crippen molar-refractivity contribution in [1.29, 1.82) is 0 Å². The van der Waals surface area contributed by atoms with Gasteiger partial charge in [-0.1, -0.05) is 0 Å². The second-order valence-electron chi connectivity index (χ2n) is 8.84. The number of benzene rings is 1. The molecule has 3 heterocycles. The number of rotatable bonds is 6. The lowest BCUT2D eigenvalue weighted by Gasteiger charge is -2.33. The quantitative estimate of drug-likeness (QED) is 0.587. The SMILES string of the molecule is CN(Cc1cscn1)C(=O)C1CC12CCN(Cc1cnn(-c3ccc(F)cc3)c1)CC2. The molecule has 1 saturated carbocycles. The second kappa shape index (κ2) is 8.16. The molecular weight excluding hydrogens is 413 g/mol. The van der Waals surface area contributed by atoms with Crippen molar-refractivity contribution in [2.75, 3.05) is 20.1 Å². The van der Waals surface area contributed by atoms with Crippen LogP contribution in [0.1, 0.15) is 30.5 Å². The summed E-state index contributed by atoms with van der Waals surface area (Å²) in [5.41, 5.74) is 4.97. The molecule has 2 fully saturated rings. The number of carbonyl (C=O) groups excluding carboxylic acids is 1. The van der Waals surface area contributed by atoms with Crippen LogP contribution in [0.25, 0.3) is 5.69 Å². The Kier molecular flexibility index (Phi) is 5.35. The smallest absolute Gasteiger partial charge is 0.226 e. The topological polar surface area (TPSA) is 54.3 Å². The molecule has 31 heavy (non-hydrogen) atoms. The van der Waals surface area contributed by atoms with Gasteiger partial charge in [0, 0.05) is 36.7 Å². The van der Waals surface area contributed by atoms with Crippen molar-refractivity contribution in [2.45, 2.75) is 32.4 Å². The molecule has 1 atom stereocenters. The van der Waals surface area contributed by atoms with Crippen LogP contribution in [0.4, 0.5) is 4.39 Å². The van der Waals surface area contributed by atoms with Gasteiger partial charge in [-0.2, -0.15) is 5.10 Å². The second-order valence-corrected chi connectivity index (χ2v) is 9.56. The van der Waals surface area contributed by atoms with Crippen molar-refractivity contribution in [3.63, 3.8) is 0 Å². The number of amides is 1. The molecule has 2 aromatic heterocycles. The summed E-state index contributed by atoms with van der Waals surface area (Å²) in [6, 6.07) is 6.35. The van der Waals surface area contributed by atoms with Gasteiger partial charge < -0.3 is 4.90 Å². The van der Waals surface area contributed by atoms with E-state index in [4.69, 9.17) is 0 Å². The van der Waals surface area contributed by atoms with Gasteiger partial charge >= 0.3 is 0 Å². The maximum Gasteiger partial charge on any atom is 0.226 e. The largest absolute Gasteiger partial charge is 0.340 e. The van der Waals surface area contributed by atoms with Gasteiger partial charge in [0.2, 0.25) is 5.91 Å². The van der Waals surface area contributed by atoms with Crippen molar-refractivity contribution in [3.05, 3.63) is 64.6 Å². The van der Waals surface area contributed by atoms with E-state index in [0.717, 1.165) is 55.8 Å². The predicted octanol–water partition coefficient (Wildman–Crippen LogP) is 3.73. The van der Waals surface area contributed by atoms with E-state index in [9.17, 15) is 9.18 Å². The summed E-state index contributed by atoms with van der Waals surface area (Å²) >= 11 is 1.56. The predicted molar refractivity (Wildman–Crippen MR) is 117 cm³/mol. The minimum absolute atomic E-state index is 0.166. The van der Waals surface area contributed by atoms with E-state index in [0.29, 0.717) is 6.54 Å². The first-order chi connectivity index (χ1) is 15.0. The third kappa shape index (κ3) is 4.27. The van der Waals surface area contributed by atoms with Gasteiger partial charge in [0.1, 0.15) is 5.82 Å². The number of thiazole rings is 1. The van der Waals surface area contributed by atoms with Crippen LogP contribution in [0, 0.1) is 17.2 Å². The molecule has 162 valence electrons. The number of nitrogens with zero attached hydrogens (tertiary/aromatic N) is 5. The molecule has 0 N–H and O–H groups in total. The number of hydrogen-bond acceptors (Lipinski definition) is 5. The van der Waals surface area contributed by atoms with Crippen molar-refractivity contribution >= 4 is 17.2 Å². The van der Waals surface area contributed by atoms with Crippen molar-refractivity contribution < 1.29 is 9.18 Å². The Bertz CT molecular complexity index is 1040. The molecule has 5 rings (SSSR count). The first-order valence-corrected chi connectivity index (χ1v) is 11.6. The van der Waals surface area contributed by atoms with Crippen LogP contribution in [-0.4, -0.2) is 50.6 Å². The van der Waals surface area contributed by atoms with Crippen LogP contribution in [0.15, 0.2) is 47.5 Å². The lowest BCUT2D eigenvalue weighted by molar-refractivity contribution is -0.133. The molecule has 1 saturated heterocycles. The summed E-state index contributed by atoms with van der Waals surface area (Å²) in [5.74, 6) is 0.186. The van der Waals surface area contributed by atoms with Gasteiger partial charge in [-0.05, 0) is 62.0 Å². The highest BCUT2D eigenvalue weighted by atomic mass is 32.1. The summed E-state index contributed by atoms with van der Waals surface area (Å²) in [7, 11) is 1.89. The molecule has 1 unspecified atom stereocenters. The van der Waals surface area contributed by atoms with Gasteiger partial charge in [-0.3, -0.25) is 9.69 Å². The zero-order chi connectivity index (χ0) is 21.4. The monoisotopic (exact) mass is 439 g/mol. The Morgan fingerprint density at radius 1 is 1.29 bits per heavy atom. The normalized spacial score (nSPS) is 20.1. The number of carbonyl (C=O) groups is 1. The molecule has 1 aliphatic heterocycles. The van der Waals surface area contributed by atoms with Crippen molar-refractivity contribution in [2.24, 2.45) is 11.3 Å². The van der Waals surface area contributed by atoms with Crippen molar-refractivity contribution in [3.8, 4) is 5.69 Å². The Morgan fingerprint density at radius 3 is 2.77 bits per heavy atom. The van der Waals surface area contributed by atoms with Crippen LogP contribution in [0.5, 0.6) is 0 Å². The molecule has 1 aliphatic carbocycles. The number of halogens is 1. The van der Waals surface area contributed by atoms with E-state index in [1.165, 1.54) is 12.1 Å². The lowest BCUT2D eigenvalue weighted by atomic mass is 9.90. The molecule has 6 nitrogen and oxygen atoms in total. The number of aromatic nitrogens is 3. The van der Waals surface area contributed by atoms with E-state index in [1.54, 1.807) is 28.2 Å². The van der Waals surface area contributed by atoms with Crippen LogP contribution in [-0.2, 0) is 17.9 Å². The Morgan fingerprint density at radius 2 is 2.06 bits per heavy atom. The number of likely N-dealkylation sites (tertiary alicyclic amines) is 1. The molecule has 0 radical (unpaired) electrons. The summed E-state index contributed by atoms with van der Waals surface area (Å²) < 4.78 is 14.9. The highest BCUT2D eigenvalue weighted by molar-refractivity contribution is 7.07. The van der Waals surface area contributed by atoms with Crippen LogP contribution in [0.3, 0.4) is 0 Å². The molecular formula is C23H26FN5OS. The zero-order valence-corrected chi connectivity index (χ0v) is 18.4. The fourth-order valence-corrected chi connectivity index (χ4v) is 5.29. The molecule has 0 bridgehead atoms. The average Bonchev–Trinajstić information content (AvgIpc) is 3.13. The molecule has 2 aliphatic rings. The fraction of sp³-hybridized carbons (Fsp3) is 0.435. The van der Waals surface area contributed by atoms with Gasteiger partial charge in [0.05, 0.1) is 29.6 Å². The Balaban J connectivity index is 1.13. The van der Waals surface area contributed by atoms with Gasteiger partial charge in [0.15, 0.2) is 0 Å². The van der Waals surface area contributed by atoms with Crippen LogP contribution >= 0.6 is 11.3 Å². The van der Waals surface area contributed by atoms with E-state index in [-0.39, 0.29) is 23.1 Å². The average molecular weight is 440 g/mol. The summed E-state index contributed by atoms with van der Waals surface area (Å²) in [6.07, 6.45) is 7.04. The standard InChI is InChI=1S/C23H26FN5OS/c1-27(14-19-15-31-16-25-19)22(30)21-10-23(21)6-8-28(9-7-23)12-17-11-26-29(13-17)20-4-2-18(24)3-5-20/h2-5,11,13,15-16,21H,6-10,12,14H2,1H3. The van der Waals surface area contributed by atoms with E-state index in [1.807, 2.05) is 35.2 Å². The molecule has 1 spiro atoms. The first kappa shape index (κ1) is 20.3. The highest BCUT2D eigenvalue weighted by Crippen LogP contribution is 2.60. The minimum atomic E-state index is -0.246. The summed E-state index contributed by atoms with van der Waals surface area (Å²) in [5, 5.41) is 6.42. The highest BCUT2D eigenvalue weighted by Gasteiger charge is 2.58. The van der Waals surface area contributed by atoms with E-state index >= 15 is 0 Å². The number of piperidine rings is 1. The molecule has 1 amide bonds. The first-order valence-electron chi connectivity index (χ1n) is 10.7. The van der Waals surface area contributed by atoms with Gasteiger partial charge in [-0.25, -0.2) is 14.1 Å². The maximum atomic E-state index is 13.1. The maximum absolute atomic E-state index is 13.1. The fourth-order valence-electron chi connectivity index (χ4n) is 4.74. The Hall–Kier alpha value is -2.58. The van der Waals surface area contributed by atoms with Crippen LogP contribution in [0.2, 0.25) is 0 Å². The molecule has 8 heteroatoms.